The van der Waals surface area contributed by atoms with Crippen LogP contribution in [-0.2, 0) is 10.0 Å². The Balaban J connectivity index is 2.06. The van der Waals surface area contributed by atoms with Crippen molar-refractivity contribution in [2.45, 2.75) is 17.7 Å². The van der Waals surface area contributed by atoms with Gasteiger partial charge in [-0.3, -0.25) is 4.79 Å². The standard InChI is InChI=1S/C14H16N2O3S/c1-11(12-5-3-2-4-6-12)9-16-20(18,19)13-7-8-14(17)15-10-13/h2-8,10-11,16H,9H2,1H3,(H,15,17). The molecule has 0 amide bonds. The van der Waals surface area contributed by atoms with Gasteiger partial charge in [-0.15, -0.1) is 0 Å². The van der Waals surface area contributed by atoms with Crippen molar-refractivity contribution in [3.63, 3.8) is 0 Å². The minimum Gasteiger partial charge on any atom is -0.328 e. The Morgan fingerprint density at radius 1 is 1.15 bits per heavy atom. The number of nitrogens with one attached hydrogen (secondary N) is 2. The Kier molecular flexibility index (Phi) is 4.36. The lowest BCUT2D eigenvalue weighted by Gasteiger charge is -2.13. The monoisotopic (exact) mass is 292 g/mol. The van der Waals surface area contributed by atoms with Gasteiger partial charge in [-0.2, -0.15) is 0 Å². The highest BCUT2D eigenvalue weighted by Crippen LogP contribution is 2.14. The summed E-state index contributed by atoms with van der Waals surface area (Å²) in [5.41, 5.74) is 0.735. The SMILES string of the molecule is CC(CNS(=O)(=O)c1ccc(=O)[nH]c1)c1ccccc1. The number of benzene rings is 1. The first-order valence-corrected chi connectivity index (χ1v) is 7.71. The van der Waals surface area contributed by atoms with Crippen LogP contribution in [0.2, 0.25) is 0 Å². The van der Waals surface area contributed by atoms with Crippen molar-refractivity contribution in [2.75, 3.05) is 6.54 Å². The first kappa shape index (κ1) is 14.5. The lowest BCUT2D eigenvalue weighted by molar-refractivity contribution is 0.574. The van der Waals surface area contributed by atoms with Crippen LogP contribution in [0.4, 0.5) is 0 Å². The summed E-state index contributed by atoms with van der Waals surface area (Å²) >= 11 is 0. The third-order valence-electron chi connectivity index (χ3n) is 3.01. The van der Waals surface area contributed by atoms with E-state index in [1.165, 1.54) is 18.3 Å². The predicted molar refractivity (Wildman–Crippen MR) is 77.1 cm³/mol. The minimum absolute atomic E-state index is 0.0531. The van der Waals surface area contributed by atoms with Crippen molar-refractivity contribution in [3.05, 3.63) is 64.6 Å². The van der Waals surface area contributed by atoms with E-state index in [0.717, 1.165) is 5.56 Å². The van der Waals surface area contributed by atoms with E-state index >= 15 is 0 Å². The van der Waals surface area contributed by atoms with Gasteiger partial charge in [0.25, 0.3) is 0 Å². The van der Waals surface area contributed by atoms with Crippen molar-refractivity contribution in [1.82, 2.24) is 9.71 Å². The number of hydrogen-bond donors (Lipinski definition) is 2. The molecule has 0 bridgehead atoms. The minimum atomic E-state index is -3.60. The molecule has 106 valence electrons. The lowest BCUT2D eigenvalue weighted by atomic mass is 10.0. The van der Waals surface area contributed by atoms with E-state index in [-0.39, 0.29) is 16.4 Å². The molecular weight excluding hydrogens is 276 g/mol. The average Bonchev–Trinajstić information content (AvgIpc) is 2.46. The molecule has 20 heavy (non-hydrogen) atoms. The van der Waals surface area contributed by atoms with Crippen LogP contribution in [0.5, 0.6) is 0 Å². The number of aromatic nitrogens is 1. The summed E-state index contributed by atoms with van der Waals surface area (Å²) in [6, 6.07) is 12.1. The zero-order chi connectivity index (χ0) is 14.6. The predicted octanol–water partition coefficient (Wildman–Crippen LogP) is 1.46. The van der Waals surface area contributed by atoms with Crippen LogP contribution in [0.1, 0.15) is 18.4 Å². The fraction of sp³-hybridized carbons (Fsp3) is 0.214. The van der Waals surface area contributed by atoms with Crippen LogP contribution in [0.3, 0.4) is 0 Å². The molecule has 0 aliphatic rings. The molecule has 0 saturated heterocycles. The maximum atomic E-state index is 12.0. The summed E-state index contributed by atoms with van der Waals surface area (Å²) in [6.07, 6.45) is 1.19. The van der Waals surface area contributed by atoms with Crippen molar-refractivity contribution >= 4 is 10.0 Å². The molecule has 0 aliphatic carbocycles. The third-order valence-corrected chi connectivity index (χ3v) is 4.44. The van der Waals surface area contributed by atoms with Crippen LogP contribution in [0, 0.1) is 0 Å². The van der Waals surface area contributed by atoms with Gasteiger partial charge in [0, 0.05) is 18.8 Å². The fourth-order valence-electron chi connectivity index (χ4n) is 1.78. The highest BCUT2D eigenvalue weighted by Gasteiger charge is 2.15. The van der Waals surface area contributed by atoms with Crippen LogP contribution in [-0.4, -0.2) is 19.9 Å². The second-order valence-electron chi connectivity index (χ2n) is 4.55. The maximum Gasteiger partial charge on any atom is 0.247 e. The molecule has 2 rings (SSSR count). The number of aromatic amines is 1. The molecule has 0 aliphatic heterocycles. The maximum absolute atomic E-state index is 12.0. The quantitative estimate of drug-likeness (QED) is 0.875. The highest BCUT2D eigenvalue weighted by atomic mass is 32.2. The molecule has 0 saturated carbocycles. The van der Waals surface area contributed by atoms with Crippen molar-refractivity contribution in [1.29, 1.82) is 0 Å². The summed E-state index contributed by atoms with van der Waals surface area (Å²) in [6.45, 7) is 2.25. The van der Waals surface area contributed by atoms with Gasteiger partial charge in [0.15, 0.2) is 0 Å². The average molecular weight is 292 g/mol. The molecule has 1 aromatic heterocycles. The molecule has 1 aromatic carbocycles. The molecule has 6 heteroatoms. The largest absolute Gasteiger partial charge is 0.328 e. The Labute approximate surface area is 117 Å². The van der Waals surface area contributed by atoms with E-state index in [1.54, 1.807) is 0 Å². The fourth-order valence-corrected chi connectivity index (χ4v) is 2.88. The summed E-state index contributed by atoms with van der Waals surface area (Å²) < 4.78 is 26.6. The van der Waals surface area contributed by atoms with Gasteiger partial charge in [-0.1, -0.05) is 37.3 Å². The van der Waals surface area contributed by atoms with Crippen molar-refractivity contribution in [2.24, 2.45) is 0 Å². The number of hydrogen-bond acceptors (Lipinski definition) is 3. The molecule has 0 fully saturated rings. The number of pyridine rings is 1. The Bertz CT molecular complexity index is 703. The van der Waals surface area contributed by atoms with E-state index in [0.29, 0.717) is 6.54 Å². The van der Waals surface area contributed by atoms with E-state index in [9.17, 15) is 13.2 Å². The van der Waals surface area contributed by atoms with Crippen molar-refractivity contribution < 1.29 is 8.42 Å². The van der Waals surface area contributed by atoms with Crippen LogP contribution >= 0.6 is 0 Å². The van der Waals surface area contributed by atoms with Crippen LogP contribution in [0.25, 0.3) is 0 Å². The number of rotatable bonds is 5. The number of H-pyrrole nitrogens is 1. The molecule has 5 nitrogen and oxygen atoms in total. The van der Waals surface area contributed by atoms with Gasteiger partial charge in [0.05, 0.1) is 4.90 Å². The Morgan fingerprint density at radius 3 is 2.45 bits per heavy atom. The highest BCUT2D eigenvalue weighted by molar-refractivity contribution is 7.89. The van der Waals surface area contributed by atoms with E-state index < -0.39 is 10.0 Å². The molecular formula is C14H16N2O3S. The summed E-state index contributed by atoms with van der Waals surface area (Å²) in [4.78, 5) is 13.3. The molecule has 1 heterocycles. The van der Waals surface area contributed by atoms with Gasteiger partial charge in [0.2, 0.25) is 15.6 Å². The second kappa shape index (κ2) is 6.02. The Morgan fingerprint density at radius 2 is 1.85 bits per heavy atom. The molecule has 2 aromatic rings. The van der Waals surface area contributed by atoms with Crippen LogP contribution < -0.4 is 10.3 Å². The molecule has 1 unspecified atom stereocenters. The Hall–Kier alpha value is -1.92. The van der Waals surface area contributed by atoms with Gasteiger partial charge >= 0.3 is 0 Å². The van der Waals surface area contributed by atoms with Gasteiger partial charge in [-0.25, -0.2) is 13.1 Å². The van der Waals surface area contributed by atoms with Gasteiger partial charge < -0.3 is 4.98 Å². The zero-order valence-electron chi connectivity index (χ0n) is 11.0. The first-order chi connectivity index (χ1) is 9.49. The van der Waals surface area contributed by atoms with Crippen LogP contribution in [0.15, 0.2) is 58.4 Å². The van der Waals surface area contributed by atoms with Crippen molar-refractivity contribution in [3.8, 4) is 0 Å². The summed E-state index contributed by atoms with van der Waals surface area (Å²) in [5.74, 6) is 0.0636. The summed E-state index contributed by atoms with van der Waals surface area (Å²) in [5, 5.41) is 0. The van der Waals surface area contributed by atoms with E-state index in [1.807, 2.05) is 37.3 Å². The molecule has 0 radical (unpaired) electrons. The molecule has 1 atom stereocenters. The smallest absolute Gasteiger partial charge is 0.247 e. The van der Waals surface area contributed by atoms with Gasteiger partial charge in [-0.05, 0) is 17.5 Å². The van der Waals surface area contributed by atoms with Gasteiger partial charge in [0.1, 0.15) is 0 Å². The second-order valence-corrected chi connectivity index (χ2v) is 6.32. The zero-order valence-corrected chi connectivity index (χ0v) is 11.9. The first-order valence-electron chi connectivity index (χ1n) is 6.22. The molecule has 0 spiro atoms. The molecule has 2 N–H and O–H groups in total. The topological polar surface area (TPSA) is 79.0 Å². The normalized spacial score (nSPS) is 13.1. The summed E-state index contributed by atoms with van der Waals surface area (Å²) in [7, 11) is -3.60. The van der Waals surface area contributed by atoms with E-state index in [4.69, 9.17) is 0 Å². The van der Waals surface area contributed by atoms with E-state index in [2.05, 4.69) is 9.71 Å². The number of sulfonamides is 1. The third kappa shape index (κ3) is 3.55. The lowest BCUT2D eigenvalue weighted by Crippen LogP contribution is -2.28.